The third kappa shape index (κ3) is 1.91. The minimum absolute atomic E-state index is 0.0972. The molecule has 0 saturated heterocycles. The summed E-state index contributed by atoms with van der Waals surface area (Å²) in [5, 5.41) is 0.367. The maximum Gasteiger partial charge on any atom is 0.175 e. The van der Waals surface area contributed by atoms with Gasteiger partial charge in [-0.05, 0) is 18.1 Å². The fraction of sp³-hybridized carbons (Fsp3) is 0.333. The minimum atomic E-state index is 0.0972. The van der Waals surface area contributed by atoms with E-state index in [2.05, 4.69) is 20.9 Å². The van der Waals surface area contributed by atoms with Crippen molar-refractivity contribution in [1.29, 1.82) is 0 Å². The summed E-state index contributed by atoms with van der Waals surface area (Å²) in [5.74, 6) is 0.0972. The Bertz CT molecular complexity index is 286. The molecule has 0 bridgehead atoms. The first-order valence-corrected chi connectivity index (χ1v) is 4.93. The van der Waals surface area contributed by atoms with Gasteiger partial charge in [0.15, 0.2) is 5.78 Å². The van der Waals surface area contributed by atoms with Gasteiger partial charge < -0.3 is 0 Å². The number of carbonyl (C=O) groups excluding carboxylic acids is 1. The largest absolute Gasteiger partial charge is 0.293 e. The SMILES string of the molecule is CCc1ccncc1C(=O)CBr. The van der Waals surface area contributed by atoms with E-state index < -0.39 is 0 Å². The molecule has 0 fully saturated rings. The molecule has 0 spiro atoms. The molecule has 0 aliphatic carbocycles. The standard InChI is InChI=1S/C9H10BrNO/c1-2-7-3-4-11-6-8(7)9(12)5-10/h3-4,6H,2,5H2,1H3. The van der Waals surface area contributed by atoms with Crippen LogP contribution in [0.15, 0.2) is 18.5 Å². The number of carbonyl (C=O) groups is 1. The van der Waals surface area contributed by atoms with Crippen molar-refractivity contribution in [2.24, 2.45) is 0 Å². The highest BCUT2D eigenvalue weighted by molar-refractivity contribution is 9.09. The van der Waals surface area contributed by atoms with E-state index in [4.69, 9.17) is 0 Å². The van der Waals surface area contributed by atoms with Crippen LogP contribution in [-0.2, 0) is 6.42 Å². The van der Waals surface area contributed by atoms with Crippen molar-refractivity contribution in [3.63, 3.8) is 0 Å². The maximum absolute atomic E-state index is 11.3. The monoisotopic (exact) mass is 227 g/mol. The molecule has 0 amide bonds. The van der Waals surface area contributed by atoms with Crippen molar-refractivity contribution in [3.05, 3.63) is 29.6 Å². The first-order chi connectivity index (χ1) is 5.79. The summed E-state index contributed by atoms with van der Waals surface area (Å²) in [6.45, 7) is 2.03. The van der Waals surface area contributed by atoms with Crippen LogP contribution >= 0.6 is 15.9 Å². The summed E-state index contributed by atoms with van der Waals surface area (Å²) < 4.78 is 0. The van der Waals surface area contributed by atoms with Crippen molar-refractivity contribution in [2.45, 2.75) is 13.3 Å². The van der Waals surface area contributed by atoms with E-state index in [-0.39, 0.29) is 5.78 Å². The highest BCUT2D eigenvalue weighted by Crippen LogP contribution is 2.09. The Morgan fingerprint density at radius 2 is 2.42 bits per heavy atom. The average Bonchev–Trinajstić information content (AvgIpc) is 2.16. The van der Waals surface area contributed by atoms with Gasteiger partial charge in [0.2, 0.25) is 0 Å². The number of Topliss-reactive ketones (excluding diaryl/α,β-unsaturated/α-hetero) is 1. The minimum Gasteiger partial charge on any atom is -0.293 e. The van der Waals surface area contributed by atoms with Gasteiger partial charge in [0.25, 0.3) is 0 Å². The Labute approximate surface area is 80.1 Å². The summed E-state index contributed by atoms with van der Waals surface area (Å²) in [5.41, 5.74) is 1.80. The molecule has 0 N–H and O–H groups in total. The predicted octanol–water partition coefficient (Wildman–Crippen LogP) is 2.22. The summed E-state index contributed by atoms with van der Waals surface area (Å²) in [7, 11) is 0. The van der Waals surface area contributed by atoms with Crippen LogP contribution in [0.1, 0.15) is 22.8 Å². The molecule has 3 heteroatoms. The lowest BCUT2D eigenvalue weighted by molar-refractivity contribution is 0.102. The Morgan fingerprint density at radius 1 is 1.67 bits per heavy atom. The average molecular weight is 228 g/mol. The topological polar surface area (TPSA) is 30.0 Å². The first kappa shape index (κ1) is 9.39. The van der Waals surface area contributed by atoms with E-state index in [0.29, 0.717) is 5.33 Å². The molecule has 2 nitrogen and oxygen atoms in total. The zero-order chi connectivity index (χ0) is 8.97. The van der Waals surface area contributed by atoms with Crippen LogP contribution in [0.25, 0.3) is 0 Å². The van der Waals surface area contributed by atoms with Gasteiger partial charge in [-0.2, -0.15) is 0 Å². The zero-order valence-corrected chi connectivity index (χ0v) is 8.47. The number of aryl methyl sites for hydroxylation is 1. The molecule has 0 aromatic carbocycles. The second kappa shape index (κ2) is 4.36. The normalized spacial score (nSPS) is 9.83. The summed E-state index contributed by atoms with van der Waals surface area (Å²) in [4.78, 5) is 15.2. The fourth-order valence-electron chi connectivity index (χ4n) is 1.05. The third-order valence-electron chi connectivity index (χ3n) is 1.71. The van der Waals surface area contributed by atoms with Gasteiger partial charge in [0.1, 0.15) is 0 Å². The van der Waals surface area contributed by atoms with Gasteiger partial charge in [0, 0.05) is 18.0 Å². The van der Waals surface area contributed by atoms with Crippen LogP contribution < -0.4 is 0 Å². The smallest absolute Gasteiger partial charge is 0.175 e. The Balaban J connectivity index is 3.04. The van der Waals surface area contributed by atoms with Gasteiger partial charge in [0.05, 0.1) is 5.33 Å². The third-order valence-corrected chi connectivity index (χ3v) is 2.22. The molecule has 1 aromatic rings. The highest BCUT2D eigenvalue weighted by atomic mass is 79.9. The van der Waals surface area contributed by atoms with E-state index in [1.807, 2.05) is 13.0 Å². The summed E-state index contributed by atoms with van der Waals surface area (Å²) in [6, 6.07) is 1.88. The zero-order valence-electron chi connectivity index (χ0n) is 6.88. The van der Waals surface area contributed by atoms with E-state index in [1.54, 1.807) is 12.4 Å². The number of halogens is 1. The molecule has 1 rings (SSSR count). The molecule has 0 atom stereocenters. The number of hydrogen-bond donors (Lipinski definition) is 0. The maximum atomic E-state index is 11.3. The van der Waals surface area contributed by atoms with Gasteiger partial charge in [-0.3, -0.25) is 9.78 Å². The molecule has 1 aromatic heterocycles. The molecule has 12 heavy (non-hydrogen) atoms. The number of rotatable bonds is 3. The first-order valence-electron chi connectivity index (χ1n) is 3.81. The number of hydrogen-bond acceptors (Lipinski definition) is 2. The van der Waals surface area contributed by atoms with Gasteiger partial charge in [-0.25, -0.2) is 0 Å². The van der Waals surface area contributed by atoms with Crippen LogP contribution in [0.2, 0.25) is 0 Å². The highest BCUT2D eigenvalue weighted by Gasteiger charge is 2.07. The van der Waals surface area contributed by atoms with Gasteiger partial charge >= 0.3 is 0 Å². The lowest BCUT2D eigenvalue weighted by Gasteiger charge is -2.02. The molecule has 0 unspecified atom stereocenters. The van der Waals surface area contributed by atoms with Crippen molar-refractivity contribution >= 4 is 21.7 Å². The number of alkyl halides is 1. The Kier molecular flexibility index (Phi) is 3.41. The Morgan fingerprint density at radius 3 is 3.00 bits per heavy atom. The molecule has 0 saturated carbocycles. The van der Waals surface area contributed by atoms with Crippen molar-refractivity contribution in [2.75, 3.05) is 5.33 Å². The molecular weight excluding hydrogens is 218 g/mol. The molecule has 1 heterocycles. The number of nitrogens with zero attached hydrogens (tertiary/aromatic N) is 1. The molecule has 0 aliphatic rings. The molecule has 0 aliphatic heterocycles. The molecule has 0 radical (unpaired) electrons. The van der Waals surface area contributed by atoms with Crippen LogP contribution in [0.3, 0.4) is 0 Å². The van der Waals surface area contributed by atoms with Crippen LogP contribution in [0, 0.1) is 0 Å². The van der Waals surface area contributed by atoms with E-state index in [1.165, 1.54) is 0 Å². The van der Waals surface area contributed by atoms with Gasteiger partial charge in [-0.15, -0.1) is 0 Å². The summed E-state index contributed by atoms with van der Waals surface area (Å²) >= 11 is 3.14. The second-order valence-corrected chi connectivity index (χ2v) is 3.00. The Hall–Kier alpha value is -0.700. The van der Waals surface area contributed by atoms with Crippen molar-refractivity contribution in [1.82, 2.24) is 4.98 Å². The van der Waals surface area contributed by atoms with Crippen LogP contribution in [0.4, 0.5) is 0 Å². The molecule has 64 valence electrons. The van der Waals surface area contributed by atoms with E-state index in [9.17, 15) is 4.79 Å². The number of pyridine rings is 1. The van der Waals surface area contributed by atoms with E-state index in [0.717, 1.165) is 17.5 Å². The lowest BCUT2D eigenvalue weighted by Crippen LogP contribution is -2.04. The van der Waals surface area contributed by atoms with Crippen molar-refractivity contribution in [3.8, 4) is 0 Å². The van der Waals surface area contributed by atoms with Crippen LogP contribution in [0.5, 0.6) is 0 Å². The number of ketones is 1. The molecular formula is C9H10BrNO. The lowest BCUT2D eigenvalue weighted by atomic mass is 10.1. The summed E-state index contributed by atoms with van der Waals surface area (Å²) in [6.07, 6.45) is 4.21. The quantitative estimate of drug-likeness (QED) is 0.586. The van der Waals surface area contributed by atoms with Gasteiger partial charge in [-0.1, -0.05) is 22.9 Å². The van der Waals surface area contributed by atoms with Crippen LogP contribution in [-0.4, -0.2) is 16.1 Å². The second-order valence-electron chi connectivity index (χ2n) is 2.44. The predicted molar refractivity (Wildman–Crippen MR) is 51.7 cm³/mol. The number of aromatic nitrogens is 1. The van der Waals surface area contributed by atoms with Crippen molar-refractivity contribution < 1.29 is 4.79 Å². The fourth-order valence-corrected chi connectivity index (χ4v) is 1.36. The van der Waals surface area contributed by atoms with E-state index >= 15 is 0 Å².